The van der Waals surface area contributed by atoms with Gasteiger partial charge in [-0.2, -0.15) is 0 Å². The molecule has 0 N–H and O–H groups in total. The van der Waals surface area contributed by atoms with Crippen molar-refractivity contribution in [1.82, 2.24) is 0 Å². The van der Waals surface area contributed by atoms with Gasteiger partial charge in [0.1, 0.15) is 11.5 Å². The lowest BCUT2D eigenvalue weighted by molar-refractivity contribution is 0.480. The Morgan fingerprint density at radius 3 is 1.74 bits per heavy atom. The fourth-order valence-corrected chi connectivity index (χ4v) is 3.41. The molecule has 0 aliphatic carbocycles. The minimum atomic E-state index is 0.386. The van der Waals surface area contributed by atoms with Crippen molar-refractivity contribution in [2.45, 2.75) is 5.88 Å². The molecule has 4 rings (SSSR count). The molecule has 4 aromatic carbocycles. The van der Waals surface area contributed by atoms with Gasteiger partial charge in [0.05, 0.1) is 5.88 Å². The fraction of sp³-hybridized carbons (Fsp3) is 0.0400. The van der Waals surface area contributed by atoms with Crippen molar-refractivity contribution >= 4 is 11.6 Å². The van der Waals surface area contributed by atoms with E-state index in [4.69, 9.17) is 16.3 Å². The number of ether oxygens (including phenoxy) is 1. The number of halogens is 1. The average molecular weight is 371 g/mol. The van der Waals surface area contributed by atoms with E-state index >= 15 is 0 Å². The van der Waals surface area contributed by atoms with Crippen LogP contribution in [0.25, 0.3) is 22.3 Å². The van der Waals surface area contributed by atoms with Gasteiger partial charge in [-0.25, -0.2) is 0 Å². The Balaban J connectivity index is 1.97. The first-order chi connectivity index (χ1) is 13.4. The summed E-state index contributed by atoms with van der Waals surface area (Å²) in [6.07, 6.45) is 0. The third kappa shape index (κ3) is 3.74. The molecule has 0 saturated heterocycles. The van der Waals surface area contributed by atoms with Crippen LogP contribution in [0.5, 0.6) is 11.5 Å². The molecule has 0 bridgehead atoms. The van der Waals surface area contributed by atoms with Crippen molar-refractivity contribution in [3.63, 3.8) is 0 Å². The molecule has 27 heavy (non-hydrogen) atoms. The highest BCUT2D eigenvalue weighted by Gasteiger charge is 2.18. The molecule has 0 aliphatic rings. The summed E-state index contributed by atoms with van der Waals surface area (Å²) in [7, 11) is 0. The van der Waals surface area contributed by atoms with E-state index in [1.807, 2.05) is 54.6 Å². The molecule has 0 spiro atoms. The maximum atomic E-state index is 6.36. The lowest BCUT2D eigenvalue weighted by Crippen LogP contribution is -1.96. The van der Waals surface area contributed by atoms with E-state index in [1.54, 1.807) is 0 Å². The zero-order valence-corrected chi connectivity index (χ0v) is 15.6. The quantitative estimate of drug-likeness (QED) is 0.329. The average Bonchev–Trinajstić information content (AvgIpc) is 2.75. The smallest absolute Gasteiger partial charge is 0.140 e. The molecule has 0 atom stereocenters. The predicted molar refractivity (Wildman–Crippen MR) is 113 cm³/mol. The second-order valence-corrected chi connectivity index (χ2v) is 6.52. The number of para-hydroxylation sites is 1. The first kappa shape index (κ1) is 17.4. The van der Waals surface area contributed by atoms with Crippen molar-refractivity contribution in [3.8, 4) is 33.8 Å². The van der Waals surface area contributed by atoms with Crippen molar-refractivity contribution in [3.05, 3.63) is 109 Å². The van der Waals surface area contributed by atoms with Crippen LogP contribution in [0.2, 0.25) is 0 Å². The summed E-state index contributed by atoms with van der Waals surface area (Å²) >= 11 is 6.28. The summed E-state index contributed by atoms with van der Waals surface area (Å²) in [5, 5.41) is 0. The van der Waals surface area contributed by atoms with E-state index in [0.717, 1.165) is 39.3 Å². The van der Waals surface area contributed by atoms with Crippen LogP contribution in [0.15, 0.2) is 103 Å². The van der Waals surface area contributed by atoms with Crippen molar-refractivity contribution in [1.29, 1.82) is 0 Å². The number of alkyl halides is 1. The summed E-state index contributed by atoms with van der Waals surface area (Å²) in [5.41, 5.74) is 5.41. The van der Waals surface area contributed by atoms with Gasteiger partial charge in [0, 0.05) is 11.1 Å². The van der Waals surface area contributed by atoms with Crippen molar-refractivity contribution in [2.75, 3.05) is 0 Å². The molecule has 0 radical (unpaired) electrons. The molecule has 0 saturated carbocycles. The van der Waals surface area contributed by atoms with Crippen LogP contribution < -0.4 is 4.74 Å². The first-order valence-electron chi connectivity index (χ1n) is 8.92. The van der Waals surface area contributed by atoms with Gasteiger partial charge < -0.3 is 4.74 Å². The fourth-order valence-electron chi connectivity index (χ4n) is 3.20. The zero-order chi connectivity index (χ0) is 18.5. The number of hydrogen-bond acceptors (Lipinski definition) is 1. The summed E-state index contributed by atoms with van der Waals surface area (Å²) in [6.45, 7) is 0. The second kappa shape index (κ2) is 8.11. The molecule has 1 nitrogen and oxygen atoms in total. The summed E-state index contributed by atoms with van der Waals surface area (Å²) < 4.78 is 6.36. The molecule has 0 aromatic heterocycles. The SMILES string of the molecule is ClCc1ccc(-c2ccccc2)c(-c2ccccc2)c1Oc1ccccc1. The first-order valence-corrected chi connectivity index (χ1v) is 9.46. The van der Waals surface area contributed by atoms with Crippen LogP contribution in [0.4, 0.5) is 0 Å². The number of rotatable bonds is 5. The van der Waals surface area contributed by atoms with E-state index < -0.39 is 0 Å². The maximum absolute atomic E-state index is 6.36. The third-order valence-corrected chi connectivity index (χ3v) is 4.78. The zero-order valence-electron chi connectivity index (χ0n) is 14.8. The van der Waals surface area contributed by atoms with Gasteiger partial charge in [0.25, 0.3) is 0 Å². The van der Waals surface area contributed by atoms with Gasteiger partial charge in [-0.05, 0) is 28.8 Å². The Kier molecular flexibility index (Phi) is 5.22. The molecule has 2 heteroatoms. The summed E-state index contributed by atoms with van der Waals surface area (Å²) in [6, 6.07) is 34.7. The lowest BCUT2D eigenvalue weighted by Gasteiger charge is -2.19. The van der Waals surface area contributed by atoms with Crippen LogP contribution >= 0.6 is 11.6 Å². The van der Waals surface area contributed by atoms with Crippen molar-refractivity contribution < 1.29 is 4.74 Å². The van der Waals surface area contributed by atoms with E-state index in [2.05, 4.69) is 48.5 Å². The monoisotopic (exact) mass is 370 g/mol. The minimum Gasteiger partial charge on any atom is -0.456 e. The Hall–Kier alpha value is -3.03. The number of benzene rings is 4. The highest BCUT2D eigenvalue weighted by molar-refractivity contribution is 6.17. The van der Waals surface area contributed by atoms with Crippen LogP contribution in [0, 0.1) is 0 Å². The normalized spacial score (nSPS) is 10.6. The van der Waals surface area contributed by atoms with E-state index in [9.17, 15) is 0 Å². The molecule has 0 amide bonds. The Morgan fingerprint density at radius 2 is 1.15 bits per heavy atom. The van der Waals surface area contributed by atoms with Gasteiger partial charge in [-0.1, -0.05) is 91.0 Å². The highest BCUT2D eigenvalue weighted by atomic mass is 35.5. The van der Waals surface area contributed by atoms with Crippen molar-refractivity contribution in [2.24, 2.45) is 0 Å². The second-order valence-electron chi connectivity index (χ2n) is 6.26. The highest BCUT2D eigenvalue weighted by Crippen LogP contribution is 2.43. The Morgan fingerprint density at radius 1 is 0.593 bits per heavy atom. The van der Waals surface area contributed by atoms with Gasteiger partial charge in [0.15, 0.2) is 0 Å². The Labute approximate surface area is 164 Å². The molecule has 4 aromatic rings. The van der Waals surface area contributed by atoms with E-state index in [-0.39, 0.29) is 0 Å². The molecule has 0 aliphatic heterocycles. The standard InChI is InChI=1S/C25H19ClO/c26-18-21-16-17-23(19-10-4-1-5-11-19)24(20-12-6-2-7-13-20)25(21)27-22-14-8-3-9-15-22/h1-17H,18H2. The largest absolute Gasteiger partial charge is 0.456 e. The third-order valence-electron chi connectivity index (χ3n) is 4.49. The van der Waals surface area contributed by atoms with Gasteiger partial charge >= 0.3 is 0 Å². The molecular formula is C25H19ClO. The summed E-state index contributed by atoms with van der Waals surface area (Å²) in [4.78, 5) is 0. The molecule has 0 heterocycles. The maximum Gasteiger partial charge on any atom is 0.140 e. The van der Waals surface area contributed by atoms with Crippen LogP contribution in [-0.4, -0.2) is 0 Å². The van der Waals surface area contributed by atoms with Gasteiger partial charge in [-0.15, -0.1) is 11.6 Å². The van der Waals surface area contributed by atoms with E-state index in [1.165, 1.54) is 0 Å². The number of hydrogen-bond donors (Lipinski definition) is 0. The molecule has 0 fully saturated rings. The van der Waals surface area contributed by atoms with Crippen LogP contribution in [0.1, 0.15) is 5.56 Å². The Bertz CT molecular complexity index is 1010. The predicted octanol–water partition coefficient (Wildman–Crippen LogP) is 7.55. The van der Waals surface area contributed by atoms with Gasteiger partial charge in [0.2, 0.25) is 0 Å². The topological polar surface area (TPSA) is 9.23 Å². The van der Waals surface area contributed by atoms with Crippen LogP contribution in [-0.2, 0) is 5.88 Å². The van der Waals surface area contributed by atoms with Crippen LogP contribution in [0.3, 0.4) is 0 Å². The van der Waals surface area contributed by atoms with Gasteiger partial charge in [-0.3, -0.25) is 0 Å². The minimum absolute atomic E-state index is 0.386. The lowest BCUT2D eigenvalue weighted by atomic mass is 9.92. The van der Waals surface area contributed by atoms with E-state index in [0.29, 0.717) is 5.88 Å². The molecule has 0 unspecified atom stereocenters. The summed E-state index contributed by atoms with van der Waals surface area (Å²) in [5.74, 6) is 1.99. The molecular weight excluding hydrogens is 352 g/mol. The molecule has 132 valence electrons.